The number of nitrogens with zero attached hydrogens (tertiary/aromatic N) is 2. The maximum Gasteiger partial charge on any atom is 0.271 e. The number of phenolic OH excluding ortho intramolecular Hbond substituents is 1. The van der Waals surface area contributed by atoms with Crippen molar-refractivity contribution in [1.82, 2.24) is 5.43 Å². The lowest BCUT2D eigenvalue weighted by Gasteiger charge is -2.07. The molecule has 10 heteroatoms. The Kier molecular flexibility index (Phi) is 6.12. The topological polar surface area (TPSA) is 123 Å². The number of hydrogen-bond acceptors (Lipinski definition) is 7. The maximum absolute atomic E-state index is 12.2. The summed E-state index contributed by atoms with van der Waals surface area (Å²) in [6, 6.07) is 6.89. The molecular weight excluding hydrogens is 410 g/mol. The normalized spacial score (nSPS) is 10.6. The van der Waals surface area contributed by atoms with E-state index in [9.17, 15) is 20.0 Å². The van der Waals surface area contributed by atoms with Gasteiger partial charge in [-0.3, -0.25) is 14.9 Å². The van der Waals surface area contributed by atoms with Gasteiger partial charge in [0, 0.05) is 29.3 Å². The monoisotopic (exact) mass is 423 g/mol. The Balaban J connectivity index is 2.21. The van der Waals surface area contributed by atoms with Gasteiger partial charge in [0.25, 0.3) is 11.6 Å². The van der Waals surface area contributed by atoms with E-state index >= 15 is 0 Å². The number of nitro benzene ring substituents is 1. The molecule has 1 amide bonds. The third-order valence-corrected chi connectivity index (χ3v) is 3.88. The van der Waals surface area contributed by atoms with Crippen molar-refractivity contribution in [3.8, 4) is 17.2 Å². The molecule has 0 fully saturated rings. The molecule has 0 heterocycles. The van der Waals surface area contributed by atoms with Crippen LogP contribution < -0.4 is 14.9 Å². The fourth-order valence-electron chi connectivity index (χ4n) is 1.97. The van der Waals surface area contributed by atoms with Crippen LogP contribution in [0.15, 0.2) is 39.9 Å². The first-order valence-electron chi connectivity index (χ1n) is 7.09. The van der Waals surface area contributed by atoms with Gasteiger partial charge in [-0.25, -0.2) is 5.43 Å². The molecule has 2 N–H and O–H groups in total. The van der Waals surface area contributed by atoms with Crippen molar-refractivity contribution < 1.29 is 24.3 Å². The maximum atomic E-state index is 12.2. The number of carbonyl (C=O) groups is 1. The quantitative estimate of drug-likeness (QED) is 0.418. The van der Waals surface area contributed by atoms with Crippen molar-refractivity contribution >= 4 is 33.7 Å². The van der Waals surface area contributed by atoms with E-state index in [-0.39, 0.29) is 27.0 Å². The van der Waals surface area contributed by atoms with Crippen LogP contribution in [0, 0.1) is 10.1 Å². The van der Waals surface area contributed by atoms with E-state index in [1.54, 1.807) is 6.07 Å². The Morgan fingerprint density at radius 1 is 1.23 bits per heavy atom. The summed E-state index contributed by atoms with van der Waals surface area (Å²) in [5.41, 5.74) is 2.34. The van der Waals surface area contributed by atoms with Crippen LogP contribution in [0.2, 0.25) is 0 Å². The van der Waals surface area contributed by atoms with Crippen molar-refractivity contribution in [2.45, 2.75) is 0 Å². The number of methoxy groups -OCH3 is 2. The van der Waals surface area contributed by atoms with Crippen LogP contribution >= 0.6 is 15.9 Å². The minimum absolute atomic E-state index is 0.0644. The second-order valence-electron chi connectivity index (χ2n) is 4.92. The average Bonchev–Trinajstić information content (AvgIpc) is 2.64. The Labute approximate surface area is 156 Å². The molecule has 0 radical (unpaired) electrons. The molecule has 0 atom stereocenters. The second-order valence-corrected chi connectivity index (χ2v) is 5.78. The van der Waals surface area contributed by atoms with Crippen molar-refractivity contribution in [3.63, 3.8) is 0 Å². The number of nitro groups is 1. The average molecular weight is 424 g/mol. The van der Waals surface area contributed by atoms with Crippen LogP contribution in [-0.2, 0) is 0 Å². The predicted molar refractivity (Wildman–Crippen MR) is 97.1 cm³/mol. The lowest BCUT2D eigenvalue weighted by Crippen LogP contribution is -2.17. The van der Waals surface area contributed by atoms with E-state index in [2.05, 4.69) is 26.5 Å². The van der Waals surface area contributed by atoms with E-state index in [0.717, 1.165) is 18.3 Å². The Bertz CT molecular complexity index is 862. The molecule has 0 aromatic heterocycles. The lowest BCUT2D eigenvalue weighted by molar-refractivity contribution is -0.385. The van der Waals surface area contributed by atoms with Gasteiger partial charge < -0.3 is 14.6 Å². The highest BCUT2D eigenvalue weighted by Gasteiger charge is 2.14. The highest BCUT2D eigenvalue weighted by Crippen LogP contribution is 2.31. The number of hydrazone groups is 1. The first-order chi connectivity index (χ1) is 12.3. The smallest absolute Gasteiger partial charge is 0.271 e. The molecule has 2 rings (SSSR count). The number of benzene rings is 2. The minimum Gasteiger partial charge on any atom is -0.506 e. The molecule has 0 unspecified atom stereocenters. The summed E-state index contributed by atoms with van der Waals surface area (Å²) < 4.78 is 10.3. The summed E-state index contributed by atoms with van der Waals surface area (Å²) in [5, 5.41) is 24.5. The molecule has 2 aromatic carbocycles. The zero-order valence-corrected chi connectivity index (χ0v) is 15.3. The summed E-state index contributed by atoms with van der Waals surface area (Å²) in [4.78, 5) is 22.4. The Hall–Kier alpha value is -3.14. The van der Waals surface area contributed by atoms with Gasteiger partial charge in [-0.2, -0.15) is 5.10 Å². The summed E-state index contributed by atoms with van der Waals surface area (Å²) in [5.74, 6) is 0.0663. The van der Waals surface area contributed by atoms with Crippen LogP contribution in [0.1, 0.15) is 15.9 Å². The number of rotatable bonds is 6. The molecule has 2 aromatic rings. The van der Waals surface area contributed by atoms with Gasteiger partial charge in [0.15, 0.2) is 0 Å². The predicted octanol–water partition coefficient (Wildman–Crippen LogP) is 2.84. The highest BCUT2D eigenvalue weighted by atomic mass is 79.9. The molecule has 0 bridgehead atoms. The van der Waals surface area contributed by atoms with Gasteiger partial charge in [-0.05, 0) is 28.1 Å². The van der Waals surface area contributed by atoms with Crippen LogP contribution in [0.4, 0.5) is 5.69 Å². The van der Waals surface area contributed by atoms with Gasteiger partial charge >= 0.3 is 0 Å². The van der Waals surface area contributed by atoms with E-state index < -0.39 is 10.8 Å². The molecule has 26 heavy (non-hydrogen) atoms. The van der Waals surface area contributed by atoms with Gasteiger partial charge in [-0.1, -0.05) is 0 Å². The number of hydrogen-bond donors (Lipinski definition) is 2. The number of carbonyl (C=O) groups excluding carboxylic acids is 1. The number of non-ortho nitro benzene ring substituents is 1. The molecule has 0 aliphatic carbocycles. The minimum atomic E-state index is -0.608. The van der Waals surface area contributed by atoms with Crippen LogP contribution in [0.25, 0.3) is 0 Å². The third-order valence-electron chi connectivity index (χ3n) is 3.27. The van der Waals surface area contributed by atoms with Gasteiger partial charge in [0.05, 0.1) is 29.8 Å². The SMILES string of the molecule is COc1cc(OC)cc(C(=O)N/N=C/c2cc([N+](=O)[O-])cc(Br)c2O)c1. The van der Waals surface area contributed by atoms with Gasteiger partial charge in [-0.15, -0.1) is 0 Å². The van der Waals surface area contributed by atoms with Crippen LogP contribution in [0.3, 0.4) is 0 Å². The molecule has 9 nitrogen and oxygen atoms in total. The molecule has 0 aliphatic heterocycles. The van der Waals surface area contributed by atoms with Crippen molar-refractivity contribution in [2.75, 3.05) is 14.2 Å². The third kappa shape index (κ3) is 4.48. The molecule has 0 saturated carbocycles. The molecular formula is C16H14BrN3O6. The van der Waals surface area contributed by atoms with Crippen LogP contribution in [0.5, 0.6) is 17.2 Å². The first kappa shape index (κ1) is 19.2. The Morgan fingerprint density at radius 2 is 1.85 bits per heavy atom. The summed E-state index contributed by atoms with van der Waals surface area (Å²) in [6.45, 7) is 0. The molecule has 136 valence electrons. The number of ether oxygens (including phenoxy) is 2. The number of nitrogens with one attached hydrogen (secondary N) is 1. The zero-order chi connectivity index (χ0) is 19.3. The highest BCUT2D eigenvalue weighted by molar-refractivity contribution is 9.10. The number of aromatic hydroxyl groups is 1. The second kappa shape index (κ2) is 8.30. The summed E-state index contributed by atoms with van der Waals surface area (Å²) in [6.07, 6.45) is 1.10. The fourth-order valence-corrected chi connectivity index (χ4v) is 2.44. The number of amides is 1. The molecule has 0 saturated heterocycles. The van der Waals surface area contributed by atoms with Crippen molar-refractivity contribution in [3.05, 3.63) is 56.0 Å². The zero-order valence-electron chi connectivity index (χ0n) is 13.7. The molecule has 0 spiro atoms. The van der Waals surface area contributed by atoms with Gasteiger partial charge in [0.1, 0.15) is 17.2 Å². The lowest BCUT2D eigenvalue weighted by atomic mass is 10.2. The van der Waals surface area contributed by atoms with E-state index in [4.69, 9.17) is 9.47 Å². The van der Waals surface area contributed by atoms with Crippen LogP contribution in [-0.4, -0.2) is 36.4 Å². The summed E-state index contributed by atoms with van der Waals surface area (Å²) in [7, 11) is 2.91. The summed E-state index contributed by atoms with van der Waals surface area (Å²) >= 11 is 3.02. The molecule has 0 aliphatic rings. The Morgan fingerprint density at radius 3 is 2.38 bits per heavy atom. The van der Waals surface area contributed by atoms with Gasteiger partial charge in [0.2, 0.25) is 0 Å². The van der Waals surface area contributed by atoms with E-state index in [1.165, 1.54) is 26.4 Å². The van der Waals surface area contributed by atoms with E-state index in [1.807, 2.05) is 0 Å². The largest absolute Gasteiger partial charge is 0.506 e. The van der Waals surface area contributed by atoms with Crippen molar-refractivity contribution in [2.24, 2.45) is 5.10 Å². The standard InChI is InChI=1S/C16H14BrN3O6/c1-25-12-4-9(5-13(7-12)26-2)16(22)19-18-8-10-3-11(20(23)24)6-14(17)15(10)21/h3-8,21H,1-2H3,(H,19,22)/b18-8+. The van der Waals surface area contributed by atoms with E-state index in [0.29, 0.717) is 11.5 Å². The number of phenols is 1. The van der Waals surface area contributed by atoms with Crippen molar-refractivity contribution in [1.29, 1.82) is 0 Å². The first-order valence-corrected chi connectivity index (χ1v) is 7.88. The number of halogens is 1. The fraction of sp³-hybridized carbons (Fsp3) is 0.125.